The SMILES string of the molecule is [2H]C1([2H])CN(c2cc(C)c(NCCC(C)(C)C)c(SCC)c2)Cc2ccc(F)cc21. The molecule has 1 aliphatic heterocycles. The van der Waals surface area contributed by atoms with Crippen molar-refractivity contribution >= 4 is 23.1 Å². The molecule has 0 atom stereocenters. The summed E-state index contributed by atoms with van der Waals surface area (Å²) in [6.45, 7) is 12.7. The van der Waals surface area contributed by atoms with Gasteiger partial charge >= 0.3 is 0 Å². The molecule has 28 heavy (non-hydrogen) atoms. The third-order valence-electron chi connectivity index (χ3n) is 5.02. The summed E-state index contributed by atoms with van der Waals surface area (Å²) in [4.78, 5) is 3.28. The first-order valence-corrected chi connectivity index (χ1v) is 11.0. The number of hydrogen-bond acceptors (Lipinski definition) is 3. The van der Waals surface area contributed by atoms with Crippen LogP contribution in [0.5, 0.6) is 0 Å². The molecule has 0 radical (unpaired) electrons. The minimum Gasteiger partial charge on any atom is -0.384 e. The number of fused-ring (bicyclic) bond motifs is 1. The maximum atomic E-state index is 13.7. The zero-order valence-electron chi connectivity index (χ0n) is 19.7. The van der Waals surface area contributed by atoms with Crippen LogP contribution in [0.25, 0.3) is 0 Å². The number of rotatable bonds is 6. The second-order valence-electron chi connectivity index (χ2n) is 8.64. The lowest BCUT2D eigenvalue weighted by atomic mass is 9.92. The van der Waals surface area contributed by atoms with E-state index in [0.29, 0.717) is 12.1 Å². The van der Waals surface area contributed by atoms with Gasteiger partial charge in [0.15, 0.2) is 0 Å². The van der Waals surface area contributed by atoms with Gasteiger partial charge in [-0.25, -0.2) is 4.39 Å². The Bertz CT molecular complexity index is 909. The number of halogens is 1. The number of anilines is 2. The lowest BCUT2D eigenvalue weighted by Gasteiger charge is -2.32. The van der Waals surface area contributed by atoms with Gasteiger partial charge < -0.3 is 10.2 Å². The average Bonchev–Trinajstić information content (AvgIpc) is 2.63. The zero-order valence-corrected chi connectivity index (χ0v) is 18.5. The number of benzene rings is 2. The van der Waals surface area contributed by atoms with Crippen LogP contribution >= 0.6 is 11.8 Å². The smallest absolute Gasteiger partial charge is 0.123 e. The zero-order chi connectivity index (χ0) is 22.1. The molecule has 3 rings (SSSR count). The highest BCUT2D eigenvalue weighted by Gasteiger charge is 2.19. The molecule has 0 saturated carbocycles. The number of thioether (sulfide) groups is 1. The van der Waals surface area contributed by atoms with E-state index in [0.717, 1.165) is 30.0 Å². The molecule has 4 heteroatoms. The fourth-order valence-electron chi connectivity index (χ4n) is 3.45. The van der Waals surface area contributed by atoms with Crippen molar-refractivity contribution in [2.24, 2.45) is 5.41 Å². The van der Waals surface area contributed by atoms with E-state index in [9.17, 15) is 4.39 Å². The average molecular weight is 403 g/mol. The van der Waals surface area contributed by atoms with E-state index in [4.69, 9.17) is 2.74 Å². The molecule has 0 aromatic heterocycles. The van der Waals surface area contributed by atoms with E-state index in [1.54, 1.807) is 6.07 Å². The number of nitrogens with zero attached hydrogens (tertiary/aromatic N) is 1. The van der Waals surface area contributed by atoms with Gasteiger partial charge in [0.05, 0.1) is 5.69 Å². The molecule has 0 saturated heterocycles. The number of aryl methyl sites for hydroxylation is 1. The molecule has 0 bridgehead atoms. The Morgan fingerprint density at radius 3 is 2.71 bits per heavy atom. The van der Waals surface area contributed by atoms with Gasteiger partial charge in [0.1, 0.15) is 5.82 Å². The minimum absolute atomic E-state index is 0.218. The van der Waals surface area contributed by atoms with Crippen LogP contribution < -0.4 is 10.2 Å². The highest BCUT2D eigenvalue weighted by atomic mass is 32.2. The topological polar surface area (TPSA) is 15.3 Å². The van der Waals surface area contributed by atoms with Crippen LogP contribution in [0.1, 0.15) is 53.5 Å². The minimum atomic E-state index is -1.59. The van der Waals surface area contributed by atoms with Crippen molar-refractivity contribution in [1.29, 1.82) is 0 Å². The summed E-state index contributed by atoms with van der Waals surface area (Å²) in [7, 11) is 0. The number of nitrogens with one attached hydrogen (secondary N) is 1. The molecule has 2 nitrogen and oxygen atoms in total. The first kappa shape index (κ1) is 18.4. The van der Waals surface area contributed by atoms with Crippen LogP contribution in [0, 0.1) is 18.2 Å². The van der Waals surface area contributed by atoms with Crippen LogP contribution in [0.4, 0.5) is 15.8 Å². The Morgan fingerprint density at radius 2 is 2.00 bits per heavy atom. The Morgan fingerprint density at radius 1 is 1.21 bits per heavy atom. The van der Waals surface area contributed by atoms with Gasteiger partial charge in [-0.2, -0.15) is 0 Å². The van der Waals surface area contributed by atoms with E-state index in [2.05, 4.69) is 57.0 Å². The van der Waals surface area contributed by atoms with Crippen molar-refractivity contribution in [1.82, 2.24) is 0 Å². The standard InChI is InChI=1S/C24H33FN2S/c1-6-28-22-15-21(13-17(2)23(22)26-11-10-24(3,4)5)27-12-9-18-14-20(25)8-7-19(18)16-27/h7-8,13-15,26H,6,9-12,16H2,1-5H3/i9D2. The predicted octanol–water partition coefficient (Wildman–Crippen LogP) is 6.66. The van der Waals surface area contributed by atoms with Crippen molar-refractivity contribution < 1.29 is 7.13 Å². The second kappa shape index (κ2) is 8.77. The quantitative estimate of drug-likeness (QED) is 0.544. The molecule has 1 heterocycles. The highest BCUT2D eigenvalue weighted by Crippen LogP contribution is 2.36. The van der Waals surface area contributed by atoms with E-state index >= 15 is 0 Å². The largest absolute Gasteiger partial charge is 0.384 e. The van der Waals surface area contributed by atoms with Crippen molar-refractivity contribution in [2.45, 2.75) is 58.9 Å². The maximum Gasteiger partial charge on any atom is 0.123 e. The van der Waals surface area contributed by atoms with Gasteiger partial charge in [-0.3, -0.25) is 0 Å². The molecule has 0 spiro atoms. The molecule has 2 aromatic rings. The maximum absolute atomic E-state index is 13.7. The van der Waals surface area contributed by atoms with Crippen molar-refractivity contribution in [3.63, 3.8) is 0 Å². The molecular weight excluding hydrogens is 367 g/mol. The molecule has 1 N–H and O–H groups in total. The lowest BCUT2D eigenvalue weighted by molar-refractivity contribution is 0.389. The highest BCUT2D eigenvalue weighted by molar-refractivity contribution is 7.99. The van der Waals surface area contributed by atoms with E-state index in [1.165, 1.54) is 28.3 Å². The first-order chi connectivity index (χ1) is 14.0. The van der Waals surface area contributed by atoms with E-state index in [-0.39, 0.29) is 17.8 Å². The Balaban J connectivity index is 1.90. The van der Waals surface area contributed by atoms with Crippen LogP contribution in [0.3, 0.4) is 0 Å². The summed E-state index contributed by atoms with van der Waals surface area (Å²) in [6.07, 6.45) is -0.505. The second-order valence-corrected chi connectivity index (χ2v) is 9.95. The van der Waals surface area contributed by atoms with Gasteiger partial charge in [0.25, 0.3) is 0 Å². The Hall–Kier alpha value is -1.68. The summed E-state index contributed by atoms with van der Waals surface area (Å²) in [5.74, 6) is 0.592. The van der Waals surface area contributed by atoms with Gasteiger partial charge in [0, 0.05) is 33.0 Å². The van der Waals surface area contributed by atoms with Crippen LogP contribution in [0.15, 0.2) is 35.2 Å². The summed E-state index contributed by atoms with van der Waals surface area (Å²) in [5, 5.41) is 3.64. The van der Waals surface area contributed by atoms with Gasteiger partial charge in [-0.1, -0.05) is 33.8 Å². The molecule has 1 aliphatic rings. The van der Waals surface area contributed by atoms with Crippen molar-refractivity contribution in [3.8, 4) is 0 Å². The molecule has 0 aliphatic carbocycles. The lowest BCUT2D eigenvalue weighted by Crippen LogP contribution is -2.30. The third kappa shape index (κ3) is 5.22. The van der Waals surface area contributed by atoms with Crippen LogP contribution in [0.2, 0.25) is 0 Å². The predicted molar refractivity (Wildman–Crippen MR) is 121 cm³/mol. The molecule has 2 aromatic carbocycles. The van der Waals surface area contributed by atoms with Gasteiger partial charge in [-0.15, -0.1) is 11.8 Å². The fourth-order valence-corrected chi connectivity index (χ4v) is 4.35. The molecular formula is C24H33FN2S. The molecule has 0 amide bonds. The molecule has 152 valence electrons. The summed E-state index contributed by atoms with van der Waals surface area (Å²) in [6, 6.07) is 8.80. The van der Waals surface area contributed by atoms with Gasteiger partial charge in [0.2, 0.25) is 0 Å². The third-order valence-corrected chi connectivity index (χ3v) is 5.94. The monoisotopic (exact) mass is 402 g/mol. The van der Waals surface area contributed by atoms with Crippen LogP contribution in [-0.4, -0.2) is 18.8 Å². The molecule has 0 fully saturated rings. The van der Waals surface area contributed by atoms with Crippen molar-refractivity contribution in [3.05, 3.63) is 52.8 Å². The van der Waals surface area contributed by atoms with E-state index < -0.39 is 6.37 Å². The first-order valence-electron chi connectivity index (χ1n) is 11.1. The van der Waals surface area contributed by atoms with Gasteiger partial charge in [-0.05, 0) is 71.8 Å². The van der Waals surface area contributed by atoms with Crippen LogP contribution in [-0.2, 0) is 12.9 Å². The van der Waals surface area contributed by atoms with Crippen molar-refractivity contribution in [2.75, 3.05) is 29.1 Å². The summed E-state index contributed by atoms with van der Waals surface area (Å²) >= 11 is 1.81. The summed E-state index contributed by atoms with van der Waals surface area (Å²) in [5.41, 5.74) is 4.97. The Kier molecular flexibility index (Phi) is 5.75. The normalized spacial score (nSPS) is 17.0. The number of hydrogen-bond donors (Lipinski definition) is 1. The van der Waals surface area contributed by atoms with E-state index in [1.807, 2.05) is 11.8 Å². The molecule has 0 unspecified atom stereocenters. The fraction of sp³-hybridized carbons (Fsp3) is 0.500. The summed E-state index contributed by atoms with van der Waals surface area (Å²) < 4.78 is 30.7. The Labute approximate surface area is 176 Å².